The average molecular weight is 435 g/mol. The number of benzene rings is 3. The van der Waals surface area contributed by atoms with Crippen molar-refractivity contribution in [3.8, 4) is 11.8 Å². The van der Waals surface area contributed by atoms with Gasteiger partial charge >= 0.3 is 0 Å². The first-order chi connectivity index (χ1) is 14.9. The van der Waals surface area contributed by atoms with E-state index in [1.165, 1.54) is 24.3 Å². The van der Waals surface area contributed by atoms with Gasteiger partial charge in [0.05, 0.1) is 10.7 Å². The standard InChI is InChI=1S/C25H20ClFN2O2/c1-16-9-17(2)11-19(10-16)15-31-24-8-7-18(13-21(24)26)12-20(14-28)25(30)29-23-6-4-3-5-22(23)27/h3-13H,15H2,1-2H3,(H,29,30)/b20-12+. The highest BCUT2D eigenvalue weighted by atomic mass is 35.5. The maximum Gasteiger partial charge on any atom is 0.266 e. The molecule has 4 nitrogen and oxygen atoms in total. The third kappa shape index (κ3) is 5.94. The Kier molecular flexibility index (Phi) is 7.07. The second-order valence-corrected chi connectivity index (χ2v) is 7.49. The van der Waals surface area contributed by atoms with Crippen LogP contribution in [0.5, 0.6) is 5.75 Å². The van der Waals surface area contributed by atoms with Crippen molar-refractivity contribution < 1.29 is 13.9 Å². The number of hydrogen-bond acceptors (Lipinski definition) is 3. The van der Waals surface area contributed by atoms with Gasteiger partial charge in [0, 0.05) is 0 Å². The summed E-state index contributed by atoms with van der Waals surface area (Å²) in [4.78, 5) is 12.3. The molecule has 156 valence electrons. The number of hydrogen-bond donors (Lipinski definition) is 1. The van der Waals surface area contributed by atoms with Crippen LogP contribution in [-0.2, 0) is 11.4 Å². The van der Waals surface area contributed by atoms with E-state index in [4.69, 9.17) is 16.3 Å². The third-order valence-electron chi connectivity index (χ3n) is 4.43. The Hall–Kier alpha value is -3.62. The SMILES string of the molecule is Cc1cc(C)cc(COc2ccc(/C=C(\C#N)C(=O)Nc3ccccc3F)cc2Cl)c1. The summed E-state index contributed by atoms with van der Waals surface area (Å²) in [5, 5.41) is 12.1. The van der Waals surface area contributed by atoms with E-state index in [0.717, 1.165) is 16.7 Å². The minimum atomic E-state index is -0.709. The molecule has 0 unspecified atom stereocenters. The highest BCUT2D eigenvalue weighted by Gasteiger charge is 2.12. The van der Waals surface area contributed by atoms with Gasteiger partial charge in [0.1, 0.15) is 29.8 Å². The zero-order valence-electron chi connectivity index (χ0n) is 17.1. The predicted molar refractivity (Wildman–Crippen MR) is 120 cm³/mol. The molecule has 0 aromatic heterocycles. The Morgan fingerprint density at radius 2 is 1.84 bits per heavy atom. The lowest BCUT2D eigenvalue weighted by Crippen LogP contribution is -2.14. The molecule has 0 aliphatic carbocycles. The summed E-state index contributed by atoms with van der Waals surface area (Å²) in [7, 11) is 0. The first kappa shape index (κ1) is 22.1. The third-order valence-corrected chi connectivity index (χ3v) is 4.73. The van der Waals surface area contributed by atoms with Crippen LogP contribution in [0.2, 0.25) is 5.02 Å². The maximum atomic E-state index is 13.7. The van der Waals surface area contributed by atoms with Gasteiger partial charge in [0.15, 0.2) is 0 Å². The molecule has 3 aromatic carbocycles. The number of nitriles is 1. The lowest BCUT2D eigenvalue weighted by Gasteiger charge is -2.10. The summed E-state index contributed by atoms with van der Waals surface area (Å²) in [5.41, 5.74) is 3.72. The molecule has 0 saturated carbocycles. The largest absolute Gasteiger partial charge is 0.487 e. The number of rotatable bonds is 6. The Labute approximate surface area is 185 Å². The normalized spacial score (nSPS) is 11.0. The Morgan fingerprint density at radius 3 is 2.48 bits per heavy atom. The molecule has 0 atom stereocenters. The van der Waals surface area contributed by atoms with E-state index in [-0.39, 0.29) is 11.3 Å². The van der Waals surface area contributed by atoms with E-state index in [1.54, 1.807) is 24.3 Å². The number of ether oxygens (including phenoxy) is 1. The molecule has 0 saturated heterocycles. The summed E-state index contributed by atoms with van der Waals surface area (Å²) in [6.45, 7) is 4.42. The number of anilines is 1. The van der Waals surface area contributed by atoms with E-state index in [9.17, 15) is 14.4 Å². The highest BCUT2D eigenvalue weighted by Crippen LogP contribution is 2.27. The zero-order chi connectivity index (χ0) is 22.4. The molecule has 3 rings (SSSR count). The summed E-state index contributed by atoms with van der Waals surface area (Å²) in [5.74, 6) is -0.798. The number of carbonyl (C=O) groups is 1. The second-order valence-electron chi connectivity index (χ2n) is 7.08. The van der Waals surface area contributed by atoms with Crippen molar-refractivity contribution in [1.29, 1.82) is 5.26 Å². The van der Waals surface area contributed by atoms with E-state index >= 15 is 0 Å². The maximum absolute atomic E-state index is 13.7. The number of carbonyl (C=O) groups excluding carboxylic acids is 1. The highest BCUT2D eigenvalue weighted by molar-refractivity contribution is 6.32. The van der Waals surface area contributed by atoms with Gasteiger partial charge in [-0.1, -0.05) is 59.1 Å². The topological polar surface area (TPSA) is 62.1 Å². The minimum absolute atomic E-state index is 0.00168. The summed E-state index contributed by atoms with van der Waals surface area (Å²) in [6, 6.07) is 18.7. The van der Waals surface area contributed by atoms with Gasteiger partial charge in [0.25, 0.3) is 5.91 Å². The fourth-order valence-electron chi connectivity index (χ4n) is 3.10. The fraction of sp³-hybridized carbons (Fsp3) is 0.120. The van der Waals surface area contributed by atoms with Crippen LogP contribution in [0, 0.1) is 31.0 Å². The van der Waals surface area contributed by atoms with Crippen LogP contribution < -0.4 is 10.1 Å². The van der Waals surface area contributed by atoms with Crippen molar-refractivity contribution in [1.82, 2.24) is 0 Å². The molecule has 0 radical (unpaired) electrons. The van der Waals surface area contributed by atoms with Crippen LogP contribution in [0.15, 0.2) is 66.2 Å². The van der Waals surface area contributed by atoms with Gasteiger partial charge < -0.3 is 10.1 Å². The van der Waals surface area contributed by atoms with Gasteiger partial charge in [-0.15, -0.1) is 0 Å². The number of nitrogens with one attached hydrogen (secondary N) is 1. The summed E-state index contributed by atoms with van der Waals surface area (Å²) in [6.07, 6.45) is 1.38. The molecule has 6 heteroatoms. The van der Waals surface area contributed by atoms with Crippen LogP contribution in [0.3, 0.4) is 0 Å². The van der Waals surface area contributed by atoms with Crippen molar-refractivity contribution in [3.05, 3.63) is 99.3 Å². The lowest BCUT2D eigenvalue weighted by atomic mass is 10.1. The molecular formula is C25H20ClFN2O2. The van der Waals surface area contributed by atoms with Gasteiger partial charge in [-0.25, -0.2) is 4.39 Å². The monoisotopic (exact) mass is 434 g/mol. The fourth-order valence-corrected chi connectivity index (χ4v) is 3.35. The first-order valence-electron chi connectivity index (χ1n) is 9.53. The molecule has 0 heterocycles. The Balaban J connectivity index is 1.73. The zero-order valence-corrected chi connectivity index (χ0v) is 17.8. The van der Waals surface area contributed by atoms with E-state index in [2.05, 4.69) is 11.4 Å². The van der Waals surface area contributed by atoms with Crippen LogP contribution in [0.25, 0.3) is 6.08 Å². The average Bonchev–Trinajstić information content (AvgIpc) is 2.72. The summed E-state index contributed by atoms with van der Waals surface area (Å²) >= 11 is 6.33. The second kappa shape index (κ2) is 9.92. The number of halogens is 2. The van der Waals surface area contributed by atoms with Crippen LogP contribution in [-0.4, -0.2) is 5.91 Å². The molecule has 31 heavy (non-hydrogen) atoms. The van der Waals surface area contributed by atoms with Crippen molar-refractivity contribution in [2.24, 2.45) is 0 Å². The van der Waals surface area contributed by atoms with Crippen molar-refractivity contribution in [2.75, 3.05) is 5.32 Å². The Bertz CT molecular complexity index is 1180. The van der Waals surface area contributed by atoms with Gasteiger partial charge in [-0.3, -0.25) is 4.79 Å². The molecule has 0 fully saturated rings. The number of amides is 1. The van der Waals surface area contributed by atoms with E-state index < -0.39 is 11.7 Å². The number of aryl methyl sites for hydroxylation is 2. The van der Waals surface area contributed by atoms with Gasteiger partial charge in [-0.05, 0) is 55.3 Å². The van der Waals surface area contributed by atoms with Crippen LogP contribution >= 0.6 is 11.6 Å². The van der Waals surface area contributed by atoms with E-state index in [1.807, 2.05) is 32.0 Å². The van der Waals surface area contributed by atoms with Crippen molar-refractivity contribution in [2.45, 2.75) is 20.5 Å². The summed E-state index contributed by atoms with van der Waals surface area (Å²) < 4.78 is 19.6. The molecule has 0 spiro atoms. The van der Waals surface area contributed by atoms with Crippen LogP contribution in [0.4, 0.5) is 10.1 Å². The number of nitrogens with zero attached hydrogens (tertiary/aromatic N) is 1. The predicted octanol–water partition coefficient (Wildman–Crippen LogP) is 6.22. The van der Waals surface area contributed by atoms with Gasteiger partial charge in [0.2, 0.25) is 0 Å². The molecule has 0 aliphatic heterocycles. The minimum Gasteiger partial charge on any atom is -0.487 e. The molecular weight excluding hydrogens is 415 g/mol. The van der Waals surface area contributed by atoms with Crippen molar-refractivity contribution >= 4 is 29.3 Å². The number of para-hydroxylation sites is 1. The molecule has 0 aliphatic rings. The molecule has 3 aromatic rings. The Morgan fingerprint density at radius 1 is 1.13 bits per heavy atom. The molecule has 0 bridgehead atoms. The van der Waals surface area contributed by atoms with Gasteiger partial charge in [-0.2, -0.15) is 5.26 Å². The molecule has 1 N–H and O–H groups in total. The van der Waals surface area contributed by atoms with Crippen molar-refractivity contribution in [3.63, 3.8) is 0 Å². The first-order valence-corrected chi connectivity index (χ1v) is 9.90. The molecule has 1 amide bonds. The lowest BCUT2D eigenvalue weighted by molar-refractivity contribution is -0.112. The van der Waals surface area contributed by atoms with Crippen LogP contribution in [0.1, 0.15) is 22.3 Å². The quantitative estimate of drug-likeness (QED) is 0.370. The van der Waals surface area contributed by atoms with E-state index in [0.29, 0.717) is 22.9 Å². The smallest absolute Gasteiger partial charge is 0.266 e.